The van der Waals surface area contributed by atoms with E-state index in [4.69, 9.17) is 0 Å². The molecule has 0 radical (unpaired) electrons. The fourth-order valence-corrected chi connectivity index (χ4v) is 4.44. The third-order valence-electron chi connectivity index (χ3n) is 5.54. The Morgan fingerprint density at radius 1 is 0.833 bits per heavy atom. The summed E-state index contributed by atoms with van der Waals surface area (Å²) in [5.74, 6) is 2.43. The summed E-state index contributed by atoms with van der Waals surface area (Å²) in [5, 5.41) is 0. The molecule has 0 amide bonds. The summed E-state index contributed by atoms with van der Waals surface area (Å²) in [6, 6.07) is 0.287. The Hall–Kier alpha value is -0.370. The van der Waals surface area contributed by atoms with Crippen molar-refractivity contribution < 1.29 is 4.79 Å². The van der Waals surface area contributed by atoms with Crippen LogP contribution in [0.25, 0.3) is 0 Å². The highest BCUT2D eigenvalue weighted by molar-refractivity contribution is 5.84. The van der Waals surface area contributed by atoms with Crippen molar-refractivity contribution in [3.63, 3.8) is 0 Å². The molecule has 3 unspecified atom stereocenters. The van der Waals surface area contributed by atoms with E-state index in [0.717, 1.165) is 31.1 Å². The first-order chi connectivity index (χ1) is 8.84. The number of likely N-dealkylation sites (tertiary alicyclic amines) is 1. The van der Waals surface area contributed by atoms with Gasteiger partial charge >= 0.3 is 0 Å². The Morgan fingerprint density at radius 3 is 2.50 bits per heavy atom. The molecule has 0 aromatic heterocycles. The Labute approximate surface area is 111 Å². The molecule has 0 bridgehead atoms. The summed E-state index contributed by atoms with van der Waals surface area (Å²) in [6.45, 7) is 2.42. The molecule has 3 rings (SSSR count). The molecule has 18 heavy (non-hydrogen) atoms. The highest BCUT2D eigenvalue weighted by atomic mass is 16.1. The van der Waals surface area contributed by atoms with Gasteiger partial charge in [0, 0.05) is 13.0 Å². The third-order valence-corrected chi connectivity index (χ3v) is 5.54. The van der Waals surface area contributed by atoms with Gasteiger partial charge in [-0.1, -0.05) is 32.1 Å². The standard InChI is InChI=1S/C16H27NO/c18-16-9-3-1-2-8-15(16)17-11-10-13-6-4-5-7-14(13)12-17/h13-15H,1-12H2. The lowest BCUT2D eigenvalue weighted by molar-refractivity contribution is -0.125. The molecule has 1 saturated heterocycles. The van der Waals surface area contributed by atoms with Crippen LogP contribution in [-0.2, 0) is 4.79 Å². The lowest BCUT2D eigenvalue weighted by Gasteiger charge is -2.43. The Morgan fingerprint density at radius 2 is 1.61 bits per heavy atom. The van der Waals surface area contributed by atoms with Crippen molar-refractivity contribution in [1.29, 1.82) is 0 Å². The van der Waals surface area contributed by atoms with Crippen LogP contribution in [0.4, 0.5) is 0 Å². The monoisotopic (exact) mass is 249 g/mol. The third kappa shape index (κ3) is 2.64. The van der Waals surface area contributed by atoms with Crippen molar-refractivity contribution in [2.45, 2.75) is 70.3 Å². The molecule has 1 heterocycles. The summed E-state index contributed by atoms with van der Waals surface area (Å²) in [4.78, 5) is 14.8. The molecular weight excluding hydrogens is 222 g/mol. The zero-order valence-corrected chi connectivity index (χ0v) is 11.6. The van der Waals surface area contributed by atoms with Gasteiger partial charge in [0.25, 0.3) is 0 Å². The van der Waals surface area contributed by atoms with Crippen LogP contribution in [-0.4, -0.2) is 29.8 Å². The molecule has 2 saturated carbocycles. The zero-order chi connectivity index (χ0) is 12.4. The largest absolute Gasteiger partial charge is 0.298 e. The number of rotatable bonds is 1. The number of carbonyl (C=O) groups excluding carboxylic acids is 1. The molecule has 0 N–H and O–H groups in total. The fraction of sp³-hybridized carbons (Fsp3) is 0.938. The van der Waals surface area contributed by atoms with E-state index in [1.165, 1.54) is 58.0 Å². The van der Waals surface area contributed by atoms with E-state index in [0.29, 0.717) is 5.78 Å². The van der Waals surface area contributed by atoms with Crippen molar-refractivity contribution in [1.82, 2.24) is 4.90 Å². The second-order valence-electron chi connectivity index (χ2n) is 6.67. The Bertz CT molecular complexity index is 301. The van der Waals surface area contributed by atoms with Gasteiger partial charge in [0.05, 0.1) is 6.04 Å². The van der Waals surface area contributed by atoms with Gasteiger partial charge in [0.1, 0.15) is 5.78 Å². The number of carbonyl (C=O) groups is 1. The average molecular weight is 249 g/mol. The van der Waals surface area contributed by atoms with Crippen molar-refractivity contribution in [3.05, 3.63) is 0 Å². The predicted molar refractivity (Wildman–Crippen MR) is 73.5 cm³/mol. The molecule has 3 fully saturated rings. The fourth-order valence-electron chi connectivity index (χ4n) is 4.44. The van der Waals surface area contributed by atoms with Gasteiger partial charge in [-0.15, -0.1) is 0 Å². The van der Waals surface area contributed by atoms with E-state index < -0.39 is 0 Å². The molecule has 2 aliphatic carbocycles. The number of nitrogens with zero attached hydrogens (tertiary/aromatic N) is 1. The SMILES string of the molecule is O=C1CCCCCC1N1CCC2CCCCC2C1. The summed E-state index contributed by atoms with van der Waals surface area (Å²) < 4.78 is 0. The quantitative estimate of drug-likeness (QED) is 0.664. The van der Waals surface area contributed by atoms with Crippen molar-refractivity contribution in [2.75, 3.05) is 13.1 Å². The Kier molecular flexibility index (Phi) is 4.03. The van der Waals surface area contributed by atoms with Crippen LogP contribution < -0.4 is 0 Å². The highest BCUT2D eigenvalue weighted by Gasteiger charge is 2.35. The van der Waals surface area contributed by atoms with E-state index >= 15 is 0 Å². The average Bonchev–Trinajstić information content (AvgIpc) is 2.63. The molecule has 102 valence electrons. The van der Waals surface area contributed by atoms with Gasteiger partial charge in [-0.3, -0.25) is 9.69 Å². The van der Waals surface area contributed by atoms with Crippen molar-refractivity contribution >= 4 is 5.78 Å². The molecule has 2 nitrogen and oxygen atoms in total. The minimum absolute atomic E-state index is 0.287. The number of Topliss-reactive ketones (excluding diaryl/α,β-unsaturated/α-hetero) is 1. The number of ketones is 1. The van der Waals surface area contributed by atoms with Gasteiger partial charge in [0.2, 0.25) is 0 Å². The number of fused-ring (bicyclic) bond motifs is 1. The smallest absolute Gasteiger partial charge is 0.149 e. The van der Waals surface area contributed by atoms with Gasteiger partial charge < -0.3 is 0 Å². The van der Waals surface area contributed by atoms with E-state index in [-0.39, 0.29) is 6.04 Å². The van der Waals surface area contributed by atoms with E-state index in [9.17, 15) is 4.79 Å². The first-order valence-electron chi connectivity index (χ1n) is 8.11. The van der Waals surface area contributed by atoms with Gasteiger partial charge in [0.15, 0.2) is 0 Å². The molecule has 0 aromatic carbocycles. The topological polar surface area (TPSA) is 20.3 Å². The van der Waals surface area contributed by atoms with Crippen molar-refractivity contribution in [3.8, 4) is 0 Å². The number of piperidine rings is 1. The van der Waals surface area contributed by atoms with E-state index in [1.807, 2.05) is 0 Å². The van der Waals surface area contributed by atoms with Gasteiger partial charge in [-0.05, 0) is 44.1 Å². The first kappa shape index (κ1) is 12.7. The minimum Gasteiger partial charge on any atom is -0.298 e. The molecule has 0 aromatic rings. The second-order valence-corrected chi connectivity index (χ2v) is 6.67. The maximum absolute atomic E-state index is 12.2. The lowest BCUT2D eigenvalue weighted by Crippen LogP contribution is -2.49. The Balaban J connectivity index is 1.63. The maximum atomic E-state index is 12.2. The van der Waals surface area contributed by atoms with Crippen LogP contribution in [0, 0.1) is 11.8 Å². The van der Waals surface area contributed by atoms with Crippen LogP contribution >= 0.6 is 0 Å². The van der Waals surface area contributed by atoms with Crippen LogP contribution in [0.15, 0.2) is 0 Å². The number of hydrogen-bond acceptors (Lipinski definition) is 2. The lowest BCUT2D eigenvalue weighted by atomic mass is 9.74. The summed E-state index contributed by atoms with van der Waals surface area (Å²) in [5.41, 5.74) is 0. The molecule has 1 aliphatic heterocycles. The van der Waals surface area contributed by atoms with Crippen LogP contribution in [0.1, 0.15) is 64.2 Å². The van der Waals surface area contributed by atoms with Crippen LogP contribution in [0.3, 0.4) is 0 Å². The van der Waals surface area contributed by atoms with Crippen LogP contribution in [0.5, 0.6) is 0 Å². The molecule has 2 heteroatoms. The van der Waals surface area contributed by atoms with E-state index in [2.05, 4.69) is 4.90 Å². The predicted octanol–water partition coefficient (Wildman–Crippen LogP) is 3.40. The summed E-state index contributed by atoms with van der Waals surface area (Å²) in [7, 11) is 0. The minimum atomic E-state index is 0.287. The van der Waals surface area contributed by atoms with Crippen LogP contribution in [0.2, 0.25) is 0 Å². The normalized spacial score (nSPS) is 39.1. The highest BCUT2D eigenvalue weighted by Crippen LogP contribution is 2.37. The molecule has 3 atom stereocenters. The van der Waals surface area contributed by atoms with Crippen molar-refractivity contribution in [2.24, 2.45) is 11.8 Å². The molecule has 0 spiro atoms. The molecule has 3 aliphatic rings. The maximum Gasteiger partial charge on any atom is 0.149 e. The number of hydrogen-bond donors (Lipinski definition) is 0. The van der Waals surface area contributed by atoms with Gasteiger partial charge in [-0.2, -0.15) is 0 Å². The zero-order valence-electron chi connectivity index (χ0n) is 11.6. The summed E-state index contributed by atoms with van der Waals surface area (Å²) >= 11 is 0. The molecular formula is C16H27NO. The first-order valence-corrected chi connectivity index (χ1v) is 8.11. The van der Waals surface area contributed by atoms with E-state index in [1.54, 1.807) is 0 Å². The van der Waals surface area contributed by atoms with Gasteiger partial charge in [-0.25, -0.2) is 0 Å². The summed E-state index contributed by atoms with van der Waals surface area (Å²) in [6.07, 6.45) is 12.7. The second kappa shape index (κ2) is 5.73.